The second kappa shape index (κ2) is 7.07. The summed E-state index contributed by atoms with van der Waals surface area (Å²) in [4.78, 5) is 14.8. The Bertz CT molecular complexity index is 849. The number of hydrogen-bond acceptors (Lipinski definition) is 5. The number of tetrazole rings is 1. The van der Waals surface area contributed by atoms with E-state index in [1.54, 1.807) is 11.9 Å². The average Bonchev–Trinajstić information content (AvgIpc) is 3.27. The number of aromatic amines is 1. The molecule has 0 bridgehead atoms. The van der Waals surface area contributed by atoms with Crippen molar-refractivity contribution >= 4 is 5.91 Å². The number of amides is 1. The van der Waals surface area contributed by atoms with Gasteiger partial charge in [-0.3, -0.25) is 9.89 Å². The Hall–Kier alpha value is -3.03. The molecule has 1 N–H and O–H groups in total. The predicted molar refractivity (Wildman–Crippen MR) is 96.2 cm³/mol. The Balaban J connectivity index is 1.82. The monoisotopic (exact) mass is 353 g/mol. The minimum Gasteiger partial charge on any atom is -0.338 e. The third-order valence-electron chi connectivity index (χ3n) is 4.16. The summed E-state index contributed by atoms with van der Waals surface area (Å²) in [6.45, 7) is 6.73. The first-order chi connectivity index (χ1) is 12.4. The van der Waals surface area contributed by atoms with E-state index in [0.717, 1.165) is 17.0 Å². The van der Waals surface area contributed by atoms with Gasteiger partial charge < -0.3 is 4.90 Å². The molecule has 1 atom stereocenters. The van der Waals surface area contributed by atoms with Crippen molar-refractivity contribution < 1.29 is 4.79 Å². The van der Waals surface area contributed by atoms with Gasteiger partial charge in [-0.05, 0) is 22.1 Å². The van der Waals surface area contributed by atoms with Crippen LogP contribution in [-0.4, -0.2) is 48.3 Å². The van der Waals surface area contributed by atoms with E-state index < -0.39 is 6.04 Å². The van der Waals surface area contributed by atoms with Crippen molar-refractivity contribution in [2.24, 2.45) is 0 Å². The van der Waals surface area contributed by atoms with Crippen molar-refractivity contribution in [3.63, 3.8) is 0 Å². The quantitative estimate of drug-likeness (QED) is 0.757. The van der Waals surface area contributed by atoms with Crippen LogP contribution in [0.4, 0.5) is 0 Å². The maximum Gasteiger partial charge on any atom is 0.252 e. The lowest BCUT2D eigenvalue weighted by atomic mass is 9.92. The van der Waals surface area contributed by atoms with Crippen molar-refractivity contribution in [3.05, 3.63) is 59.7 Å². The standard InChI is InChI=1S/C18H23N7O/c1-18(2,3)15-10-14(20-21-15)11-24(4)17(26)16(25-12-19-22-23-25)13-8-6-5-7-9-13/h5-10,12,16H,11H2,1-4H3,(H,20,21)/t16-/m1/s1. The highest BCUT2D eigenvalue weighted by atomic mass is 16.2. The zero-order valence-electron chi connectivity index (χ0n) is 15.4. The van der Waals surface area contributed by atoms with Crippen LogP contribution in [0.2, 0.25) is 0 Å². The van der Waals surface area contributed by atoms with Crippen LogP contribution in [0, 0.1) is 0 Å². The first-order valence-corrected chi connectivity index (χ1v) is 8.43. The van der Waals surface area contributed by atoms with Gasteiger partial charge in [0.15, 0.2) is 6.04 Å². The molecule has 0 radical (unpaired) electrons. The first kappa shape index (κ1) is 17.8. The molecule has 26 heavy (non-hydrogen) atoms. The predicted octanol–water partition coefficient (Wildman–Crippen LogP) is 1.94. The van der Waals surface area contributed by atoms with E-state index in [1.165, 1.54) is 11.0 Å². The van der Waals surface area contributed by atoms with Crippen molar-refractivity contribution in [1.82, 2.24) is 35.3 Å². The van der Waals surface area contributed by atoms with Gasteiger partial charge >= 0.3 is 0 Å². The lowest BCUT2D eigenvalue weighted by molar-refractivity contribution is -0.133. The molecular formula is C18H23N7O. The Labute approximate surface area is 152 Å². The minimum atomic E-state index is -0.610. The van der Waals surface area contributed by atoms with Crippen molar-refractivity contribution in [2.45, 2.75) is 38.8 Å². The molecule has 1 aromatic carbocycles. The van der Waals surface area contributed by atoms with Gasteiger partial charge in [0.1, 0.15) is 6.33 Å². The summed E-state index contributed by atoms with van der Waals surface area (Å²) in [5.41, 5.74) is 2.63. The number of nitrogens with zero attached hydrogens (tertiary/aromatic N) is 6. The number of H-pyrrole nitrogens is 1. The molecule has 3 rings (SSSR count). The van der Waals surface area contributed by atoms with E-state index in [4.69, 9.17) is 0 Å². The van der Waals surface area contributed by atoms with E-state index in [1.807, 2.05) is 36.4 Å². The van der Waals surface area contributed by atoms with Gasteiger partial charge in [-0.15, -0.1) is 5.10 Å². The summed E-state index contributed by atoms with van der Waals surface area (Å²) in [5, 5.41) is 18.6. The second-order valence-corrected chi connectivity index (χ2v) is 7.33. The van der Waals surface area contributed by atoms with Crippen LogP contribution in [-0.2, 0) is 16.8 Å². The molecule has 3 aromatic rings. The zero-order valence-corrected chi connectivity index (χ0v) is 15.4. The average molecular weight is 353 g/mol. The lowest BCUT2D eigenvalue weighted by Gasteiger charge is -2.23. The van der Waals surface area contributed by atoms with Crippen molar-refractivity contribution in [3.8, 4) is 0 Å². The Morgan fingerprint density at radius 3 is 2.58 bits per heavy atom. The molecule has 0 saturated heterocycles. The molecule has 136 valence electrons. The van der Waals surface area contributed by atoms with Gasteiger partial charge in [0, 0.05) is 12.5 Å². The second-order valence-electron chi connectivity index (χ2n) is 7.33. The highest BCUT2D eigenvalue weighted by Gasteiger charge is 2.27. The van der Waals surface area contributed by atoms with E-state index in [-0.39, 0.29) is 11.3 Å². The molecule has 0 spiro atoms. The van der Waals surface area contributed by atoms with Crippen molar-refractivity contribution in [2.75, 3.05) is 7.05 Å². The van der Waals surface area contributed by atoms with Gasteiger partial charge in [-0.25, -0.2) is 4.68 Å². The summed E-state index contributed by atoms with van der Waals surface area (Å²) in [7, 11) is 1.76. The summed E-state index contributed by atoms with van der Waals surface area (Å²) in [6, 6.07) is 10.9. The SMILES string of the molecule is CN(Cc1cc(C(C)(C)C)n[nH]1)C(=O)[C@@H](c1ccccc1)n1cnnn1. The summed E-state index contributed by atoms with van der Waals surface area (Å²) >= 11 is 0. The lowest BCUT2D eigenvalue weighted by Crippen LogP contribution is -2.35. The van der Waals surface area contributed by atoms with Crippen LogP contribution < -0.4 is 0 Å². The largest absolute Gasteiger partial charge is 0.338 e. The molecule has 2 aromatic heterocycles. The van der Waals surface area contributed by atoms with Gasteiger partial charge in [-0.1, -0.05) is 51.1 Å². The molecule has 8 nitrogen and oxygen atoms in total. The molecule has 0 unspecified atom stereocenters. The molecule has 0 aliphatic heterocycles. The zero-order chi connectivity index (χ0) is 18.7. The molecule has 0 saturated carbocycles. The summed E-state index contributed by atoms with van der Waals surface area (Å²) < 4.78 is 1.47. The number of benzene rings is 1. The fraction of sp³-hybridized carbons (Fsp3) is 0.389. The molecule has 8 heteroatoms. The first-order valence-electron chi connectivity index (χ1n) is 8.43. The summed E-state index contributed by atoms with van der Waals surface area (Å²) in [5.74, 6) is -0.101. The molecule has 0 aliphatic carbocycles. The van der Waals surface area contributed by atoms with Crippen LogP contribution in [0.1, 0.15) is 43.8 Å². The van der Waals surface area contributed by atoms with Crippen LogP contribution in [0.3, 0.4) is 0 Å². The van der Waals surface area contributed by atoms with Gasteiger partial charge in [0.05, 0.1) is 17.9 Å². The molecule has 0 fully saturated rings. The molecule has 1 amide bonds. The van der Waals surface area contributed by atoms with E-state index in [0.29, 0.717) is 6.54 Å². The van der Waals surface area contributed by atoms with Crippen LogP contribution in [0.5, 0.6) is 0 Å². The number of hydrogen-bond donors (Lipinski definition) is 1. The highest BCUT2D eigenvalue weighted by molar-refractivity contribution is 5.83. The van der Waals surface area contributed by atoms with E-state index in [9.17, 15) is 4.79 Å². The van der Waals surface area contributed by atoms with E-state index >= 15 is 0 Å². The van der Waals surface area contributed by atoms with Gasteiger partial charge in [0.2, 0.25) is 0 Å². The highest BCUT2D eigenvalue weighted by Crippen LogP contribution is 2.22. The maximum atomic E-state index is 13.1. The summed E-state index contributed by atoms with van der Waals surface area (Å²) in [6.07, 6.45) is 1.46. The van der Waals surface area contributed by atoms with Crippen LogP contribution in [0.25, 0.3) is 0 Å². The number of aromatic nitrogens is 6. The number of nitrogens with one attached hydrogen (secondary N) is 1. The number of rotatable bonds is 5. The molecule has 0 aliphatic rings. The minimum absolute atomic E-state index is 0.0453. The van der Waals surface area contributed by atoms with Gasteiger partial charge in [0.25, 0.3) is 5.91 Å². The molecular weight excluding hydrogens is 330 g/mol. The van der Waals surface area contributed by atoms with E-state index in [2.05, 4.69) is 46.5 Å². The maximum absolute atomic E-state index is 13.1. The topological polar surface area (TPSA) is 92.6 Å². The third kappa shape index (κ3) is 3.79. The van der Waals surface area contributed by atoms with Gasteiger partial charge in [-0.2, -0.15) is 5.10 Å². The molecule has 2 heterocycles. The number of likely N-dealkylation sites (N-methyl/N-ethyl adjacent to an activating group) is 1. The fourth-order valence-corrected chi connectivity index (χ4v) is 2.70. The number of carbonyl (C=O) groups is 1. The fourth-order valence-electron chi connectivity index (χ4n) is 2.70. The van der Waals surface area contributed by atoms with Crippen LogP contribution in [0.15, 0.2) is 42.7 Å². The third-order valence-corrected chi connectivity index (χ3v) is 4.16. The Morgan fingerprint density at radius 1 is 1.27 bits per heavy atom. The Morgan fingerprint density at radius 2 is 2.00 bits per heavy atom. The smallest absolute Gasteiger partial charge is 0.252 e. The Kier molecular flexibility index (Phi) is 4.83. The van der Waals surface area contributed by atoms with Crippen molar-refractivity contribution in [1.29, 1.82) is 0 Å². The van der Waals surface area contributed by atoms with Crippen LogP contribution >= 0.6 is 0 Å². The number of carbonyl (C=O) groups excluding carboxylic acids is 1. The normalized spacial score (nSPS) is 12.8.